The zero-order valence-electron chi connectivity index (χ0n) is 8.99. The molecule has 0 amide bonds. The summed E-state index contributed by atoms with van der Waals surface area (Å²) in [5.41, 5.74) is 0. The molecule has 0 aliphatic carbocycles. The highest BCUT2D eigenvalue weighted by atomic mass is 32.2. The molecule has 0 aromatic rings. The second-order valence-corrected chi connectivity index (χ2v) is 4.51. The van der Waals surface area contributed by atoms with Crippen molar-refractivity contribution in [3.8, 4) is 6.07 Å². The van der Waals surface area contributed by atoms with E-state index in [0.717, 1.165) is 0 Å². The first-order chi connectivity index (χ1) is 7.05. The van der Waals surface area contributed by atoms with Crippen LogP contribution in [0.1, 0.15) is 19.8 Å². The van der Waals surface area contributed by atoms with Gasteiger partial charge in [-0.15, -0.1) is 0 Å². The Morgan fingerprint density at radius 1 is 1.53 bits per heavy atom. The van der Waals surface area contributed by atoms with Gasteiger partial charge in [-0.1, -0.05) is 6.92 Å². The molecule has 1 atom stereocenters. The van der Waals surface area contributed by atoms with Crippen LogP contribution in [-0.2, 0) is 14.9 Å². The molecule has 0 bridgehead atoms. The van der Waals surface area contributed by atoms with Gasteiger partial charge in [-0.3, -0.25) is 0 Å². The number of nitriles is 1. The molecule has 7 heteroatoms. The highest BCUT2D eigenvalue weighted by Crippen LogP contribution is 1.97. The molecule has 0 aliphatic heterocycles. The fourth-order valence-electron chi connectivity index (χ4n) is 0.919. The Balaban J connectivity index is 4.06. The second kappa shape index (κ2) is 7.59. The molecule has 0 spiro atoms. The van der Waals surface area contributed by atoms with Gasteiger partial charge in [0.05, 0.1) is 19.1 Å². The molecule has 2 N–H and O–H groups in total. The Morgan fingerprint density at radius 3 is 2.67 bits per heavy atom. The molecule has 88 valence electrons. The minimum Gasteiger partial charge on any atom is -0.383 e. The summed E-state index contributed by atoms with van der Waals surface area (Å²) in [4.78, 5) is 0. The Bertz CT molecular complexity index is 297. The van der Waals surface area contributed by atoms with Gasteiger partial charge >= 0.3 is 0 Å². The van der Waals surface area contributed by atoms with Crippen LogP contribution < -0.4 is 9.44 Å². The number of hydrogen-bond acceptors (Lipinski definition) is 4. The highest BCUT2D eigenvalue weighted by molar-refractivity contribution is 7.87. The van der Waals surface area contributed by atoms with Gasteiger partial charge in [-0.2, -0.15) is 23.1 Å². The first-order valence-electron chi connectivity index (χ1n) is 4.68. The summed E-state index contributed by atoms with van der Waals surface area (Å²) in [6.07, 6.45) is 0.750. The van der Waals surface area contributed by atoms with E-state index in [4.69, 9.17) is 10.00 Å². The van der Waals surface area contributed by atoms with Crippen molar-refractivity contribution >= 4 is 10.2 Å². The number of nitrogens with zero attached hydrogens (tertiary/aromatic N) is 1. The Labute approximate surface area is 90.8 Å². The van der Waals surface area contributed by atoms with E-state index in [2.05, 4.69) is 9.44 Å². The molecular weight excluding hydrogens is 218 g/mol. The van der Waals surface area contributed by atoms with Crippen LogP contribution in [0.25, 0.3) is 0 Å². The number of methoxy groups -OCH3 is 1. The van der Waals surface area contributed by atoms with E-state index >= 15 is 0 Å². The molecule has 0 aliphatic rings. The molecule has 0 aromatic carbocycles. The fraction of sp³-hybridized carbons (Fsp3) is 0.875. The van der Waals surface area contributed by atoms with Crippen molar-refractivity contribution in [2.75, 3.05) is 20.3 Å². The summed E-state index contributed by atoms with van der Waals surface area (Å²) in [6.45, 7) is 2.35. The van der Waals surface area contributed by atoms with Gasteiger partial charge in [-0.25, -0.2) is 0 Å². The average molecular weight is 235 g/mol. The first-order valence-corrected chi connectivity index (χ1v) is 6.16. The lowest BCUT2D eigenvalue weighted by Crippen LogP contribution is -2.43. The molecule has 1 unspecified atom stereocenters. The number of hydrogen-bond donors (Lipinski definition) is 2. The van der Waals surface area contributed by atoms with Gasteiger partial charge in [0.2, 0.25) is 0 Å². The topological polar surface area (TPSA) is 91.2 Å². The van der Waals surface area contributed by atoms with Crippen LogP contribution in [0.2, 0.25) is 0 Å². The molecule has 0 saturated carbocycles. The molecule has 15 heavy (non-hydrogen) atoms. The third-order valence-corrected chi connectivity index (χ3v) is 2.98. The number of ether oxygens (including phenoxy) is 1. The minimum absolute atomic E-state index is 0.168. The highest BCUT2D eigenvalue weighted by Gasteiger charge is 2.15. The monoisotopic (exact) mass is 235 g/mol. The van der Waals surface area contributed by atoms with Crippen molar-refractivity contribution in [1.29, 1.82) is 5.26 Å². The Morgan fingerprint density at radius 2 is 2.20 bits per heavy atom. The van der Waals surface area contributed by atoms with E-state index in [1.165, 1.54) is 7.11 Å². The lowest BCUT2D eigenvalue weighted by atomic mass is 10.2. The van der Waals surface area contributed by atoms with Crippen LogP contribution in [0.15, 0.2) is 0 Å². The van der Waals surface area contributed by atoms with Crippen molar-refractivity contribution in [1.82, 2.24) is 9.44 Å². The van der Waals surface area contributed by atoms with Gasteiger partial charge in [-0.05, 0) is 6.42 Å². The van der Waals surface area contributed by atoms with Gasteiger partial charge in [0.15, 0.2) is 0 Å². The molecule has 6 nitrogen and oxygen atoms in total. The molecule has 0 aromatic heterocycles. The first kappa shape index (κ1) is 14.3. The molecule has 0 heterocycles. The second-order valence-electron chi connectivity index (χ2n) is 2.98. The molecule has 0 radical (unpaired) electrons. The quantitative estimate of drug-likeness (QED) is 0.567. The maximum absolute atomic E-state index is 11.4. The van der Waals surface area contributed by atoms with Crippen LogP contribution in [-0.4, -0.2) is 34.7 Å². The molecular formula is C8H17N3O3S. The average Bonchev–Trinajstić information content (AvgIpc) is 2.17. The van der Waals surface area contributed by atoms with Gasteiger partial charge in [0, 0.05) is 19.7 Å². The lowest BCUT2D eigenvalue weighted by Gasteiger charge is -2.14. The van der Waals surface area contributed by atoms with Crippen molar-refractivity contribution in [2.24, 2.45) is 0 Å². The third-order valence-electron chi connectivity index (χ3n) is 1.75. The summed E-state index contributed by atoms with van der Waals surface area (Å²) in [5, 5.41) is 8.45. The van der Waals surface area contributed by atoms with Crippen LogP contribution in [0.3, 0.4) is 0 Å². The number of rotatable bonds is 8. The summed E-state index contributed by atoms with van der Waals surface area (Å²) < 4.78 is 32.1. The van der Waals surface area contributed by atoms with Gasteiger partial charge in [0.1, 0.15) is 0 Å². The van der Waals surface area contributed by atoms with Crippen molar-refractivity contribution < 1.29 is 13.2 Å². The maximum atomic E-state index is 11.4. The van der Waals surface area contributed by atoms with E-state index in [0.29, 0.717) is 13.0 Å². The van der Waals surface area contributed by atoms with Gasteiger partial charge < -0.3 is 4.74 Å². The number of nitrogens with one attached hydrogen (secondary N) is 2. The summed E-state index contributed by atoms with van der Waals surface area (Å²) in [5.74, 6) is 0. The smallest absolute Gasteiger partial charge is 0.277 e. The fourth-order valence-corrected chi connectivity index (χ4v) is 2.04. The normalized spacial score (nSPS) is 13.4. The third kappa shape index (κ3) is 7.27. The van der Waals surface area contributed by atoms with Crippen molar-refractivity contribution in [3.05, 3.63) is 0 Å². The van der Waals surface area contributed by atoms with Gasteiger partial charge in [0.25, 0.3) is 10.2 Å². The van der Waals surface area contributed by atoms with E-state index in [-0.39, 0.29) is 19.0 Å². The van der Waals surface area contributed by atoms with Crippen LogP contribution >= 0.6 is 0 Å². The van der Waals surface area contributed by atoms with E-state index < -0.39 is 10.2 Å². The van der Waals surface area contributed by atoms with Crippen molar-refractivity contribution in [2.45, 2.75) is 25.8 Å². The van der Waals surface area contributed by atoms with E-state index in [1.54, 1.807) is 0 Å². The van der Waals surface area contributed by atoms with Crippen LogP contribution in [0, 0.1) is 11.3 Å². The molecule has 0 saturated heterocycles. The standard InChI is InChI=1S/C8H17N3O3S/c1-3-8(4-5-9)11-15(12,13)10-6-7-14-2/h8,10-11H,3-4,6-7H2,1-2H3. The Kier molecular flexibility index (Phi) is 7.25. The maximum Gasteiger partial charge on any atom is 0.277 e. The van der Waals surface area contributed by atoms with Crippen LogP contribution in [0.5, 0.6) is 0 Å². The minimum atomic E-state index is -3.52. The summed E-state index contributed by atoms with van der Waals surface area (Å²) in [7, 11) is -2.03. The summed E-state index contributed by atoms with van der Waals surface area (Å²) >= 11 is 0. The van der Waals surface area contributed by atoms with Crippen LogP contribution in [0.4, 0.5) is 0 Å². The molecule has 0 fully saturated rings. The lowest BCUT2D eigenvalue weighted by molar-refractivity contribution is 0.204. The zero-order chi connectivity index (χ0) is 11.7. The zero-order valence-corrected chi connectivity index (χ0v) is 9.80. The summed E-state index contributed by atoms with van der Waals surface area (Å²) in [6, 6.07) is 1.59. The SMILES string of the molecule is CCC(CC#N)NS(=O)(=O)NCCOC. The van der Waals surface area contributed by atoms with Crippen molar-refractivity contribution in [3.63, 3.8) is 0 Å². The Hall–Kier alpha value is -0.680. The predicted octanol–water partition coefficient (Wildman–Crippen LogP) is -0.251. The van der Waals surface area contributed by atoms with E-state index in [1.807, 2.05) is 13.0 Å². The molecule has 0 rings (SSSR count). The largest absolute Gasteiger partial charge is 0.383 e. The van der Waals surface area contributed by atoms with E-state index in [9.17, 15) is 8.42 Å². The predicted molar refractivity (Wildman–Crippen MR) is 56.2 cm³/mol.